The number of ether oxygens (including phenoxy) is 2. The van der Waals surface area contributed by atoms with Crippen LogP contribution in [0.1, 0.15) is 19.8 Å². The fraction of sp³-hybridized carbons (Fsp3) is 0.583. The second kappa shape index (κ2) is 2.65. The molecule has 1 saturated heterocycles. The zero-order chi connectivity index (χ0) is 10.6. The van der Waals surface area contributed by atoms with E-state index < -0.39 is 11.8 Å². The third-order valence-electron chi connectivity index (χ3n) is 4.04. The molecule has 15 heavy (non-hydrogen) atoms. The molecule has 3 heteroatoms. The Hall–Kier alpha value is -1.25. The highest BCUT2D eigenvalue weighted by atomic mass is 16.8. The van der Waals surface area contributed by atoms with E-state index in [0.717, 1.165) is 6.42 Å². The Morgan fingerprint density at radius 1 is 1.47 bits per heavy atom. The van der Waals surface area contributed by atoms with Crippen LogP contribution in [-0.4, -0.2) is 11.8 Å². The molecule has 0 unspecified atom stereocenters. The number of hydrogen-bond acceptors (Lipinski definition) is 3. The van der Waals surface area contributed by atoms with Gasteiger partial charge in [0.1, 0.15) is 5.76 Å². The normalized spacial score (nSPS) is 47.1. The minimum Gasteiger partial charge on any atom is -0.419 e. The highest BCUT2D eigenvalue weighted by Gasteiger charge is 2.54. The molecule has 1 saturated carbocycles. The maximum atomic E-state index is 11.1. The maximum absolute atomic E-state index is 11.1. The van der Waals surface area contributed by atoms with Crippen LogP contribution in [0, 0.1) is 17.8 Å². The molecule has 0 aromatic rings. The number of allylic oxidation sites excluding steroid dienone is 2. The largest absolute Gasteiger partial charge is 0.514 e. The molecule has 0 spiro atoms. The summed E-state index contributed by atoms with van der Waals surface area (Å²) in [7, 11) is 0. The first-order chi connectivity index (χ1) is 7.09. The summed E-state index contributed by atoms with van der Waals surface area (Å²) in [6.07, 6.45) is 6.17. The van der Waals surface area contributed by atoms with E-state index in [0.29, 0.717) is 23.5 Å². The van der Waals surface area contributed by atoms with E-state index >= 15 is 0 Å². The lowest BCUT2D eigenvalue weighted by Crippen LogP contribution is -2.38. The third-order valence-corrected chi connectivity index (χ3v) is 4.04. The van der Waals surface area contributed by atoms with Gasteiger partial charge in [-0.2, -0.15) is 0 Å². The van der Waals surface area contributed by atoms with Crippen LogP contribution in [0.5, 0.6) is 0 Å². The van der Waals surface area contributed by atoms with E-state index in [-0.39, 0.29) is 0 Å². The minimum atomic E-state index is -0.610. The molecule has 4 atom stereocenters. The lowest BCUT2D eigenvalue weighted by Gasteiger charge is -2.32. The molecule has 0 radical (unpaired) electrons. The Labute approximate surface area is 88.7 Å². The number of cyclic esters (lactones) is 2. The summed E-state index contributed by atoms with van der Waals surface area (Å²) >= 11 is 0. The second-order valence-corrected chi connectivity index (χ2v) is 4.87. The molecule has 2 aliphatic carbocycles. The number of fused-ring (bicyclic) bond motifs is 2. The standard InChI is InChI=1S/C12H14O3/c1-7-12(2,15-11(13)14-7)10-6-8-3-4-9(10)5-8/h3-4,8-10H,1,5-6H2,2H3/t8-,9+,10+,12-/m1/s1. The summed E-state index contributed by atoms with van der Waals surface area (Å²) in [5.41, 5.74) is -0.610. The van der Waals surface area contributed by atoms with Crippen LogP contribution in [0.3, 0.4) is 0 Å². The lowest BCUT2D eigenvalue weighted by molar-refractivity contribution is 0.0257. The van der Waals surface area contributed by atoms with Gasteiger partial charge < -0.3 is 9.47 Å². The smallest absolute Gasteiger partial charge is 0.419 e. The molecule has 3 rings (SSSR count). The molecule has 0 amide bonds. The van der Waals surface area contributed by atoms with Gasteiger partial charge in [0.25, 0.3) is 0 Å². The van der Waals surface area contributed by atoms with Crippen molar-refractivity contribution < 1.29 is 14.3 Å². The molecule has 2 bridgehead atoms. The van der Waals surface area contributed by atoms with Gasteiger partial charge in [-0.1, -0.05) is 18.7 Å². The average molecular weight is 206 g/mol. The van der Waals surface area contributed by atoms with E-state index in [1.54, 1.807) is 0 Å². The van der Waals surface area contributed by atoms with E-state index in [4.69, 9.17) is 9.47 Å². The maximum Gasteiger partial charge on any atom is 0.514 e. The Balaban J connectivity index is 1.91. The van der Waals surface area contributed by atoms with Crippen molar-refractivity contribution in [2.24, 2.45) is 17.8 Å². The first kappa shape index (κ1) is 9.01. The van der Waals surface area contributed by atoms with Gasteiger partial charge in [0.2, 0.25) is 0 Å². The van der Waals surface area contributed by atoms with Crippen LogP contribution in [0.2, 0.25) is 0 Å². The molecule has 3 nitrogen and oxygen atoms in total. The van der Waals surface area contributed by atoms with E-state index in [9.17, 15) is 4.79 Å². The fourth-order valence-corrected chi connectivity index (χ4v) is 3.15. The van der Waals surface area contributed by atoms with E-state index in [1.165, 1.54) is 6.42 Å². The van der Waals surface area contributed by atoms with Crippen LogP contribution in [0.15, 0.2) is 24.5 Å². The summed E-state index contributed by atoms with van der Waals surface area (Å²) in [4.78, 5) is 11.1. The fourth-order valence-electron chi connectivity index (χ4n) is 3.15. The highest BCUT2D eigenvalue weighted by Crippen LogP contribution is 2.52. The predicted molar refractivity (Wildman–Crippen MR) is 54.0 cm³/mol. The van der Waals surface area contributed by atoms with Crippen LogP contribution in [0.25, 0.3) is 0 Å². The lowest BCUT2D eigenvalue weighted by atomic mass is 9.78. The zero-order valence-electron chi connectivity index (χ0n) is 8.73. The van der Waals surface area contributed by atoms with Gasteiger partial charge in [-0.05, 0) is 31.6 Å². The molecule has 3 aliphatic rings. The Kier molecular flexibility index (Phi) is 1.59. The van der Waals surface area contributed by atoms with Gasteiger partial charge >= 0.3 is 6.16 Å². The molecule has 2 fully saturated rings. The average Bonchev–Trinajstić information content (AvgIpc) is 2.82. The van der Waals surface area contributed by atoms with Gasteiger partial charge in [0.15, 0.2) is 5.60 Å². The number of rotatable bonds is 1. The van der Waals surface area contributed by atoms with Gasteiger partial charge in [-0.25, -0.2) is 4.79 Å². The van der Waals surface area contributed by atoms with Crippen LogP contribution >= 0.6 is 0 Å². The minimum absolute atomic E-state index is 0.339. The summed E-state index contributed by atoms with van der Waals surface area (Å²) in [6, 6.07) is 0. The molecule has 1 heterocycles. The molecule has 80 valence electrons. The first-order valence-corrected chi connectivity index (χ1v) is 5.38. The predicted octanol–water partition coefficient (Wildman–Crippen LogP) is 2.64. The topological polar surface area (TPSA) is 35.5 Å². The summed E-state index contributed by atoms with van der Waals surface area (Å²) in [5.74, 6) is 1.99. The van der Waals surface area contributed by atoms with Crippen molar-refractivity contribution in [1.82, 2.24) is 0 Å². The highest BCUT2D eigenvalue weighted by molar-refractivity contribution is 5.66. The van der Waals surface area contributed by atoms with Crippen molar-refractivity contribution in [3.63, 3.8) is 0 Å². The molecule has 1 aliphatic heterocycles. The summed E-state index contributed by atoms with van der Waals surface area (Å²) < 4.78 is 10.2. The zero-order valence-corrected chi connectivity index (χ0v) is 8.73. The second-order valence-electron chi connectivity index (χ2n) is 4.87. The Morgan fingerprint density at radius 2 is 2.27 bits per heavy atom. The first-order valence-electron chi connectivity index (χ1n) is 5.38. The molecule has 0 aromatic carbocycles. The number of carbonyl (C=O) groups excluding carboxylic acids is 1. The summed E-state index contributed by atoms with van der Waals surface area (Å²) in [6.45, 7) is 5.71. The SMILES string of the molecule is C=C1OC(=O)O[C@@]1(C)[C@H]1C[C@@H]2C=C[C@H]1C2. The van der Waals surface area contributed by atoms with Gasteiger partial charge in [-0.3, -0.25) is 0 Å². The molecule has 0 aromatic heterocycles. The van der Waals surface area contributed by atoms with E-state index in [2.05, 4.69) is 18.7 Å². The van der Waals surface area contributed by atoms with Crippen molar-refractivity contribution >= 4 is 6.16 Å². The molecular formula is C12H14O3. The number of hydrogen-bond donors (Lipinski definition) is 0. The van der Waals surface area contributed by atoms with Crippen LogP contribution in [-0.2, 0) is 9.47 Å². The Morgan fingerprint density at radius 3 is 2.73 bits per heavy atom. The van der Waals surface area contributed by atoms with Crippen molar-refractivity contribution in [1.29, 1.82) is 0 Å². The van der Waals surface area contributed by atoms with E-state index in [1.807, 2.05) is 6.92 Å². The van der Waals surface area contributed by atoms with Crippen molar-refractivity contribution in [2.75, 3.05) is 0 Å². The van der Waals surface area contributed by atoms with Crippen LogP contribution < -0.4 is 0 Å². The van der Waals surface area contributed by atoms with Gasteiger partial charge in [0.05, 0.1) is 0 Å². The van der Waals surface area contributed by atoms with Crippen LogP contribution in [0.4, 0.5) is 4.79 Å². The van der Waals surface area contributed by atoms with Crippen molar-refractivity contribution in [3.8, 4) is 0 Å². The molecule has 0 N–H and O–H groups in total. The monoisotopic (exact) mass is 206 g/mol. The van der Waals surface area contributed by atoms with Crippen molar-refractivity contribution in [3.05, 3.63) is 24.5 Å². The molecular weight excluding hydrogens is 192 g/mol. The van der Waals surface area contributed by atoms with Crippen molar-refractivity contribution in [2.45, 2.75) is 25.4 Å². The van der Waals surface area contributed by atoms with Gasteiger partial charge in [-0.15, -0.1) is 0 Å². The summed E-state index contributed by atoms with van der Waals surface area (Å²) in [5, 5.41) is 0. The quantitative estimate of drug-likeness (QED) is 0.488. The Bertz CT molecular complexity index is 371. The third kappa shape index (κ3) is 1.09. The number of carbonyl (C=O) groups is 1. The van der Waals surface area contributed by atoms with Gasteiger partial charge in [0, 0.05) is 5.92 Å².